The maximum Gasteiger partial charge on any atom is 0.354 e. The van der Waals surface area contributed by atoms with E-state index in [2.05, 4.69) is 10.3 Å². The largest absolute Gasteiger partial charge is 0.461 e. The number of benzene rings is 1. The average molecular weight is 316 g/mol. The molecule has 2 aromatic rings. The molecule has 1 amide bonds. The molecule has 1 aliphatic heterocycles. The monoisotopic (exact) mass is 316 g/mol. The number of aromatic amines is 1. The van der Waals surface area contributed by atoms with E-state index in [1.54, 1.807) is 31.2 Å². The van der Waals surface area contributed by atoms with E-state index in [9.17, 15) is 9.59 Å². The Kier molecular flexibility index (Phi) is 4.62. The SMILES string of the molecule is CCOC(=O)c1cc2cc(C(=O)NC[C@H]3CCCO3)ccc2[nH]1. The van der Waals surface area contributed by atoms with Gasteiger partial charge in [-0.2, -0.15) is 0 Å². The van der Waals surface area contributed by atoms with Gasteiger partial charge in [-0.3, -0.25) is 4.79 Å². The van der Waals surface area contributed by atoms with E-state index in [-0.39, 0.29) is 12.0 Å². The molecule has 0 saturated carbocycles. The summed E-state index contributed by atoms with van der Waals surface area (Å²) in [5, 5.41) is 3.69. The lowest BCUT2D eigenvalue weighted by Gasteiger charge is -2.10. The van der Waals surface area contributed by atoms with Crippen LogP contribution in [0.3, 0.4) is 0 Å². The summed E-state index contributed by atoms with van der Waals surface area (Å²) in [6.07, 6.45) is 2.15. The predicted octanol–water partition coefficient (Wildman–Crippen LogP) is 2.25. The molecule has 0 radical (unpaired) electrons. The highest BCUT2D eigenvalue weighted by atomic mass is 16.5. The number of aromatic nitrogens is 1. The molecule has 23 heavy (non-hydrogen) atoms. The van der Waals surface area contributed by atoms with Crippen LogP contribution in [-0.4, -0.2) is 42.7 Å². The van der Waals surface area contributed by atoms with Gasteiger partial charge in [-0.25, -0.2) is 4.79 Å². The molecule has 1 aromatic heterocycles. The van der Waals surface area contributed by atoms with E-state index in [0.717, 1.165) is 30.4 Å². The van der Waals surface area contributed by atoms with Crippen LogP contribution in [0.2, 0.25) is 0 Å². The number of hydrogen-bond donors (Lipinski definition) is 2. The van der Waals surface area contributed by atoms with Crippen molar-refractivity contribution in [1.29, 1.82) is 0 Å². The number of H-pyrrole nitrogens is 1. The lowest BCUT2D eigenvalue weighted by Crippen LogP contribution is -2.31. The Hall–Kier alpha value is -2.34. The van der Waals surface area contributed by atoms with Crippen LogP contribution in [0.25, 0.3) is 10.9 Å². The molecule has 1 fully saturated rings. The zero-order valence-electron chi connectivity index (χ0n) is 13.1. The molecule has 0 bridgehead atoms. The third-order valence-corrected chi connectivity index (χ3v) is 3.89. The van der Waals surface area contributed by atoms with Crippen LogP contribution in [0, 0.1) is 0 Å². The fraction of sp³-hybridized carbons (Fsp3) is 0.412. The minimum Gasteiger partial charge on any atom is -0.461 e. The Morgan fingerprint density at radius 1 is 1.39 bits per heavy atom. The molecular formula is C17H20N2O4. The number of rotatable bonds is 5. The normalized spacial score (nSPS) is 17.3. The number of fused-ring (bicyclic) bond motifs is 1. The number of carbonyl (C=O) groups is 2. The van der Waals surface area contributed by atoms with Gasteiger partial charge >= 0.3 is 5.97 Å². The molecule has 6 heteroatoms. The standard InChI is InChI=1S/C17H20N2O4/c1-2-22-17(21)15-9-12-8-11(5-6-14(12)19-15)16(20)18-10-13-4-3-7-23-13/h5-6,8-9,13,19H,2-4,7,10H2,1H3,(H,18,20)/t13-/m1/s1. The zero-order chi connectivity index (χ0) is 16.2. The molecule has 1 saturated heterocycles. The van der Waals surface area contributed by atoms with Gasteiger partial charge in [0.05, 0.1) is 12.7 Å². The fourth-order valence-corrected chi connectivity index (χ4v) is 2.71. The first-order chi connectivity index (χ1) is 11.2. The van der Waals surface area contributed by atoms with Crippen LogP contribution < -0.4 is 5.32 Å². The quantitative estimate of drug-likeness (QED) is 0.829. The highest BCUT2D eigenvalue weighted by Gasteiger charge is 2.17. The number of esters is 1. The van der Waals surface area contributed by atoms with Gasteiger partial charge < -0.3 is 19.8 Å². The molecule has 1 aromatic carbocycles. The second-order valence-corrected chi connectivity index (χ2v) is 5.55. The van der Waals surface area contributed by atoms with Crippen molar-refractivity contribution in [3.63, 3.8) is 0 Å². The summed E-state index contributed by atoms with van der Waals surface area (Å²) in [4.78, 5) is 27.0. The molecule has 0 spiro atoms. The van der Waals surface area contributed by atoms with Crippen molar-refractivity contribution < 1.29 is 19.1 Å². The van der Waals surface area contributed by atoms with Gasteiger partial charge in [-0.05, 0) is 44.0 Å². The van der Waals surface area contributed by atoms with E-state index in [0.29, 0.717) is 24.4 Å². The Balaban J connectivity index is 1.71. The first kappa shape index (κ1) is 15.6. The molecule has 0 unspecified atom stereocenters. The summed E-state index contributed by atoms with van der Waals surface area (Å²) < 4.78 is 10.5. The molecule has 6 nitrogen and oxygen atoms in total. The van der Waals surface area contributed by atoms with Crippen molar-refractivity contribution in [3.8, 4) is 0 Å². The van der Waals surface area contributed by atoms with Crippen LogP contribution in [0.4, 0.5) is 0 Å². The first-order valence-corrected chi connectivity index (χ1v) is 7.87. The Morgan fingerprint density at radius 2 is 2.26 bits per heavy atom. The van der Waals surface area contributed by atoms with Crippen molar-refractivity contribution in [2.75, 3.05) is 19.8 Å². The molecule has 2 N–H and O–H groups in total. The summed E-state index contributed by atoms with van der Waals surface area (Å²) in [7, 11) is 0. The van der Waals surface area contributed by atoms with Crippen LogP contribution in [-0.2, 0) is 9.47 Å². The van der Waals surface area contributed by atoms with Crippen molar-refractivity contribution in [2.45, 2.75) is 25.9 Å². The third-order valence-electron chi connectivity index (χ3n) is 3.89. The molecule has 3 rings (SSSR count). The summed E-state index contributed by atoms with van der Waals surface area (Å²) in [5.74, 6) is -0.533. The molecular weight excluding hydrogens is 296 g/mol. The third kappa shape index (κ3) is 3.53. The number of amides is 1. The van der Waals surface area contributed by atoms with Gasteiger partial charge in [-0.15, -0.1) is 0 Å². The topological polar surface area (TPSA) is 80.4 Å². The molecule has 122 valence electrons. The highest BCUT2D eigenvalue weighted by Crippen LogP contribution is 2.18. The first-order valence-electron chi connectivity index (χ1n) is 7.87. The smallest absolute Gasteiger partial charge is 0.354 e. The fourth-order valence-electron chi connectivity index (χ4n) is 2.71. The van der Waals surface area contributed by atoms with E-state index >= 15 is 0 Å². The van der Waals surface area contributed by atoms with Crippen LogP contribution in [0.1, 0.15) is 40.6 Å². The van der Waals surface area contributed by atoms with Gasteiger partial charge in [0.15, 0.2) is 0 Å². The zero-order valence-corrected chi connectivity index (χ0v) is 13.1. The second kappa shape index (κ2) is 6.83. The lowest BCUT2D eigenvalue weighted by molar-refractivity contribution is 0.0520. The van der Waals surface area contributed by atoms with Crippen molar-refractivity contribution in [2.24, 2.45) is 0 Å². The van der Waals surface area contributed by atoms with Crippen LogP contribution in [0.5, 0.6) is 0 Å². The molecule has 0 aliphatic carbocycles. The predicted molar refractivity (Wildman–Crippen MR) is 85.6 cm³/mol. The van der Waals surface area contributed by atoms with Gasteiger partial charge in [0.1, 0.15) is 5.69 Å². The summed E-state index contributed by atoms with van der Waals surface area (Å²) >= 11 is 0. The summed E-state index contributed by atoms with van der Waals surface area (Å²) in [6, 6.07) is 6.99. The maximum atomic E-state index is 12.2. The highest BCUT2D eigenvalue weighted by molar-refractivity contribution is 6.00. The summed E-state index contributed by atoms with van der Waals surface area (Å²) in [5.41, 5.74) is 1.74. The average Bonchev–Trinajstić information content (AvgIpc) is 3.21. The van der Waals surface area contributed by atoms with Gasteiger partial charge in [0.2, 0.25) is 0 Å². The van der Waals surface area contributed by atoms with Gasteiger partial charge in [0.25, 0.3) is 5.91 Å². The molecule has 2 heterocycles. The number of nitrogens with one attached hydrogen (secondary N) is 2. The van der Waals surface area contributed by atoms with E-state index in [4.69, 9.17) is 9.47 Å². The van der Waals surface area contributed by atoms with Crippen LogP contribution >= 0.6 is 0 Å². The minimum atomic E-state index is -0.395. The Morgan fingerprint density at radius 3 is 3.00 bits per heavy atom. The van der Waals surface area contributed by atoms with E-state index in [1.165, 1.54) is 0 Å². The number of hydrogen-bond acceptors (Lipinski definition) is 4. The number of carbonyl (C=O) groups excluding carboxylic acids is 2. The lowest BCUT2D eigenvalue weighted by atomic mass is 10.1. The Bertz CT molecular complexity index is 716. The maximum absolute atomic E-state index is 12.2. The van der Waals surface area contributed by atoms with Gasteiger partial charge in [-0.1, -0.05) is 0 Å². The van der Waals surface area contributed by atoms with E-state index < -0.39 is 5.97 Å². The molecule has 1 aliphatic rings. The molecule has 1 atom stereocenters. The van der Waals surface area contributed by atoms with Crippen molar-refractivity contribution in [3.05, 3.63) is 35.5 Å². The van der Waals surface area contributed by atoms with E-state index in [1.807, 2.05) is 0 Å². The number of ether oxygens (including phenoxy) is 2. The van der Waals surface area contributed by atoms with Crippen molar-refractivity contribution >= 4 is 22.8 Å². The Labute approximate surface area is 134 Å². The summed E-state index contributed by atoms with van der Waals surface area (Å²) in [6.45, 7) is 3.38. The van der Waals surface area contributed by atoms with Crippen LogP contribution in [0.15, 0.2) is 24.3 Å². The van der Waals surface area contributed by atoms with Gasteiger partial charge in [0, 0.05) is 29.6 Å². The van der Waals surface area contributed by atoms with Crippen molar-refractivity contribution in [1.82, 2.24) is 10.3 Å². The second-order valence-electron chi connectivity index (χ2n) is 5.55. The minimum absolute atomic E-state index is 0.116.